The fourth-order valence-corrected chi connectivity index (χ4v) is 1.83. The quantitative estimate of drug-likeness (QED) is 0.856. The van der Waals surface area contributed by atoms with Crippen LogP contribution in [0.15, 0.2) is 40.1 Å². The lowest BCUT2D eigenvalue weighted by Crippen LogP contribution is -2.34. The Balaban J connectivity index is 2.17. The van der Waals surface area contributed by atoms with Gasteiger partial charge in [-0.25, -0.2) is 4.79 Å². The summed E-state index contributed by atoms with van der Waals surface area (Å²) in [7, 11) is 1.50. The highest BCUT2D eigenvalue weighted by molar-refractivity contribution is 5.92. The molecule has 0 saturated carbocycles. The van der Waals surface area contributed by atoms with Crippen molar-refractivity contribution < 1.29 is 9.53 Å². The van der Waals surface area contributed by atoms with E-state index in [9.17, 15) is 14.4 Å². The molecule has 0 bridgehead atoms. The molecule has 1 aromatic carbocycles. The molecule has 0 aliphatic heterocycles. The first-order valence-corrected chi connectivity index (χ1v) is 6.24. The number of aryl methyl sites for hydroxylation is 1. The van der Waals surface area contributed by atoms with E-state index in [1.165, 1.54) is 13.3 Å². The predicted molar refractivity (Wildman–Crippen MR) is 77.7 cm³/mol. The van der Waals surface area contributed by atoms with Crippen LogP contribution in [0.5, 0.6) is 5.75 Å². The molecule has 1 heterocycles. The highest BCUT2D eigenvalue weighted by Crippen LogP contribution is 2.22. The molecule has 0 atom stereocenters. The van der Waals surface area contributed by atoms with Gasteiger partial charge in [-0.1, -0.05) is 12.1 Å². The molecule has 0 aliphatic carbocycles. The van der Waals surface area contributed by atoms with Gasteiger partial charge in [-0.05, 0) is 19.1 Å². The summed E-state index contributed by atoms with van der Waals surface area (Å²) in [4.78, 5) is 37.0. The minimum Gasteiger partial charge on any atom is -0.495 e. The summed E-state index contributed by atoms with van der Waals surface area (Å²) in [6, 6.07) is 6.95. The summed E-state index contributed by atoms with van der Waals surface area (Å²) in [6.45, 7) is 1.36. The molecule has 1 amide bonds. The Hall–Kier alpha value is -2.83. The van der Waals surface area contributed by atoms with E-state index in [1.54, 1.807) is 31.2 Å². The number of amides is 1. The van der Waals surface area contributed by atoms with Gasteiger partial charge in [0.1, 0.15) is 12.3 Å². The molecule has 0 aliphatic rings. The topological polar surface area (TPSA) is 93.2 Å². The zero-order chi connectivity index (χ0) is 15.4. The van der Waals surface area contributed by atoms with Crippen LogP contribution < -0.4 is 21.3 Å². The molecule has 2 rings (SSSR count). The number of carbonyl (C=O) groups is 1. The minimum absolute atomic E-state index is 0.200. The molecule has 7 heteroatoms. The van der Waals surface area contributed by atoms with E-state index in [-0.39, 0.29) is 6.54 Å². The Morgan fingerprint density at radius 2 is 2.05 bits per heavy atom. The third kappa shape index (κ3) is 3.38. The lowest BCUT2D eigenvalue weighted by atomic mass is 10.3. The van der Waals surface area contributed by atoms with Crippen LogP contribution in [-0.2, 0) is 11.3 Å². The molecule has 21 heavy (non-hydrogen) atoms. The van der Waals surface area contributed by atoms with Crippen LogP contribution in [0.4, 0.5) is 5.69 Å². The van der Waals surface area contributed by atoms with Gasteiger partial charge in [-0.3, -0.25) is 19.1 Å². The number of carbonyl (C=O) groups excluding carboxylic acids is 1. The number of ether oxygens (including phenoxy) is 1. The SMILES string of the molecule is COc1ccccc1NC(=O)Cn1cc(C)c(=O)[nH]c1=O. The summed E-state index contributed by atoms with van der Waals surface area (Å²) >= 11 is 0. The lowest BCUT2D eigenvalue weighted by Gasteiger charge is -2.10. The lowest BCUT2D eigenvalue weighted by molar-refractivity contribution is -0.116. The summed E-state index contributed by atoms with van der Waals surface area (Å²) in [5, 5.41) is 2.66. The number of hydrogen-bond donors (Lipinski definition) is 2. The fourth-order valence-electron chi connectivity index (χ4n) is 1.83. The molecule has 0 unspecified atom stereocenters. The van der Waals surface area contributed by atoms with Gasteiger partial charge >= 0.3 is 5.69 Å². The maximum atomic E-state index is 12.0. The molecule has 110 valence electrons. The first-order chi connectivity index (χ1) is 10.0. The highest BCUT2D eigenvalue weighted by atomic mass is 16.5. The Bertz CT molecular complexity index is 776. The van der Waals surface area contributed by atoms with E-state index in [0.29, 0.717) is 17.0 Å². The van der Waals surface area contributed by atoms with Crippen molar-refractivity contribution in [2.75, 3.05) is 12.4 Å². The van der Waals surface area contributed by atoms with Gasteiger partial charge < -0.3 is 10.1 Å². The monoisotopic (exact) mass is 289 g/mol. The second-order valence-electron chi connectivity index (χ2n) is 4.45. The molecule has 0 radical (unpaired) electrons. The number of H-pyrrole nitrogens is 1. The van der Waals surface area contributed by atoms with Crippen LogP contribution in [-0.4, -0.2) is 22.6 Å². The number of para-hydroxylation sites is 2. The fraction of sp³-hybridized carbons (Fsp3) is 0.214. The molecular formula is C14H15N3O4. The number of aromatic amines is 1. The number of anilines is 1. The van der Waals surface area contributed by atoms with Crippen molar-refractivity contribution in [3.63, 3.8) is 0 Å². The normalized spacial score (nSPS) is 10.2. The van der Waals surface area contributed by atoms with Gasteiger partial charge in [0.15, 0.2) is 0 Å². The Labute approximate surface area is 120 Å². The molecule has 0 saturated heterocycles. The van der Waals surface area contributed by atoms with Crippen LogP contribution in [0.1, 0.15) is 5.56 Å². The Morgan fingerprint density at radius 1 is 1.33 bits per heavy atom. The number of hydrogen-bond acceptors (Lipinski definition) is 4. The second-order valence-corrected chi connectivity index (χ2v) is 4.45. The summed E-state index contributed by atoms with van der Waals surface area (Å²) < 4.78 is 6.26. The van der Waals surface area contributed by atoms with Gasteiger partial charge in [0.05, 0.1) is 12.8 Å². The van der Waals surface area contributed by atoms with Gasteiger partial charge in [0.25, 0.3) is 5.56 Å². The average Bonchev–Trinajstić information content (AvgIpc) is 2.45. The Morgan fingerprint density at radius 3 is 2.76 bits per heavy atom. The number of rotatable bonds is 4. The van der Waals surface area contributed by atoms with E-state index in [1.807, 2.05) is 0 Å². The third-order valence-corrected chi connectivity index (χ3v) is 2.88. The maximum Gasteiger partial charge on any atom is 0.328 e. The van der Waals surface area contributed by atoms with Gasteiger partial charge in [0.2, 0.25) is 5.91 Å². The van der Waals surface area contributed by atoms with Crippen molar-refractivity contribution in [2.24, 2.45) is 0 Å². The average molecular weight is 289 g/mol. The number of methoxy groups -OCH3 is 1. The van der Waals surface area contributed by atoms with E-state index >= 15 is 0 Å². The number of benzene rings is 1. The van der Waals surface area contributed by atoms with E-state index in [4.69, 9.17) is 4.74 Å². The maximum absolute atomic E-state index is 12.0. The minimum atomic E-state index is -0.624. The smallest absolute Gasteiger partial charge is 0.328 e. The molecule has 2 aromatic rings. The second kappa shape index (κ2) is 6.08. The molecule has 7 nitrogen and oxygen atoms in total. The van der Waals surface area contributed by atoms with Crippen molar-refractivity contribution in [2.45, 2.75) is 13.5 Å². The Kier molecular flexibility index (Phi) is 4.22. The van der Waals surface area contributed by atoms with Gasteiger partial charge in [-0.2, -0.15) is 0 Å². The predicted octanol–water partition coefficient (Wildman–Crippen LogP) is 0.492. The van der Waals surface area contributed by atoms with Gasteiger partial charge in [-0.15, -0.1) is 0 Å². The van der Waals surface area contributed by atoms with Crippen molar-refractivity contribution in [3.05, 3.63) is 56.9 Å². The van der Waals surface area contributed by atoms with Crippen LogP contribution >= 0.6 is 0 Å². The molecule has 1 aromatic heterocycles. The largest absolute Gasteiger partial charge is 0.495 e. The van der Waals surface area contributed by atoms with E-state index in [0.717, 1.165) is 4.57 Å². The van der Waals surface area contributed by atoms with E-state index in [2.05, 4.69) is 10.3 Å². The number of nitrogens with zero attached hydrogens (tertiary/aromatic N) is 1. The zero-order valence-corrected chi connectivity index (χ0v) is 11.7. The molecule has 2 N–H and O–H groups in total. The molecule has 0 spiro atoms. The van der Waals surface area contributed by atoms with Gasteiger partial charge in [0, 0.05) is 11.8 Å². The summed E-state index contributed by atoms with van der Waals surface area (Å²) in [6.07, 6.45) is 1.35. The van der Waals surface area contributed by atoms with E-state index < -0.39 is 17.2 Å². The van der Waals surface area contributed by atoms with Crippen molar-refractivity contribution in [1.82, 2.24) is 9.55 Å². The number of nitrogens with one attached hydrogen (secondary N) is 2. The standard InChI is InChI=1S/C14H15N3O4/c1-9-7-17(14(20)16-13(9)19)8-12(18)15-10-5-3-4-6-11(10)21-2/h3-7H,8H2,1-2H3,(H,15,18)(H,16,19,20). The first kappa shape index (κ1) is 14.6. The first-order valence-electron chi connectivity index (χ1n) is 6.24. The van der Waals surface area contributed by atoms with Crippen molar-refractivity contribution in [3.8, 4) is 5.75 Å². The highest BCUT2D eigenvalue weighted by Gasteiger charge is 2.09. The van der Waals surface area contributed by atoms with Crippen LogP contribution in [0.3, 0.4) is 0 Å². The molecular weight excluding hydrogens is 274 g/mol. The summed E-state index contributed by atoms with van der Waals surface area (Å²) in [5.74, 6) is 0.129. The van der Waals surface area contributed by atoms with Crippen molar-refractivity contribution in [1.29, 1.82) is 0 Å². The van der Waals surface area contributed by atoms with Crippen LogP contribution in [0.25, 0.3) is 0 Å². The molecule has 0 fully saturated rings. The zero-order valence-electron chi connectivity index (χ0n) is 11.7. The summed E-state index contributed by atoms with van der Waals surface area (Å²) in [5.41, 5.74) is -0.207. The van der Waals surface area contributed by atoms with Crippen LogP contribution in [0.2, 0.25) is 0 Å². The van der Waals surface area contributed by atoms with Crippen LogP contribution in [0, 0.1) is 6.92 Å². The number of aromatic nitrogens is 2. The van der Waals surface area contributed by atoms with Crippen molar-refractivity contribution >= 4 is 11.6 Å². The third-order valence-electron chi connectivity index (χ3n) is 2.88.